The Bertz CT molecular complexity index is 1350. The van der Waals surface area contributed by atoms with E-state index >= 15 is 0 Å². The van der Waals surface area contributed by atoms with E-state index in [1.807, 2.05) is 0 Å². The van der Waals surface area contributed by atoms with Gasteiger partial charge in [-0.05, 0) is 28.8 Å². The third-order valence-corrected chi connectivity index (χ3v) is 6.56. The van der Waals surface area contributed by atoms with Crippen molar-refractivity contribution in [2.24, 2.45) is 5.92 Å². The first-order valence-electron chi connectivity index (χ1n) is 12.3. The standard InChI is InChI=1S/C24H23N3O.2C2HF3O2/c28-24(18-10-12-25-13-11-18)26-23-20-9-5-4-8-19(20)21-15-27(16-22(21)23)14-17-6-2-1-3-7-17;2*3-2(4,5)1(6)7/h1-13,21-23H,14-16H2,(H,26,28);2*(H,6,7)/t21-,22-,23+;;/m0../s1. The van der Waals surface area contributed by atoms with Crippen LogP contribution in [-0.2, 0) is 16.1 Å². The molecule has 3 atom stereocenters. The van der Waals surface area contributed by atoms with Crippen molar-refractivity contribution < 1.29 is 50.9 Å². The molecule has 2 aromatic carbocycles. The summed E-state index contributed by atoms with van der Waals surface area (Å²) in [6.07, 6.45) is -6.84. The molecule has 3 N–H and O–H groups in total. The van der Waals surface area contributed by atoms with Crippen molar-refractivity contribution >= 4 is 17.8 Å². The minimum absolute atomic E-state index is 0.0237. The Balaban J connectivity index is 0.000000289. The normalized spacial score (nSPS) is 19.2. The summed E-state index contributed by atoms with van der Waals surface area (Å²) >= 11 is 0. The third kappa shape index (κ3) is 8.52. The zero-order valence-electron chi connectivity index (χ0n) is 21.6. The van der Waals surface area contributed by atoms with Crippen molar-refractivity contribution in [2.45, 2.75) is 30.9 Å². The number of likely N-dealkylation sites (tertiary alicyclic amines) is 1. The molecule has 0 bridgehead atoms. The second-order valence-corrected chi connectivity index (χ2v) is 9.37. The summed E-state index contributed by atoms with van der Waals surface area (Å²) in [5, 5.41) is 17.6. The Kier molecular flexibility index (Phi) is 10.3. The number of pyridine rings is 1. The lowest BCUT2D eigenvalue weighted by atomic mass is 9.94. The number of carbonyl (C=O) groups excluding carboxylic acids is 1. The van der Waals surface area contributed by atoms with E-state index in [-0.39, 0.29) is 11.9 Å². The Labute approximate surface area is 235 Å². The van der Waals surface area contributed by atoms with Crippen molar-refractivity contribution in [2.75, 3.05) is 13.1 Å². The van der Waals surface area contributed by atoms with E-state index in [2.05, 4.69) is 69.8 Å². The van der Waals surface area contributed by atoms with Crippen molar-refractivity contribution in [3.63, 3.8) is 0 Å². The van der Waals surface area contributed by atoms with Gasteiger partial charge in [0.05, 0.1) is 6.04 Å². The maximum Gasteiger partial charge on any atom is 0.490 e. The summed E-state index contributed by atoms with van der Waals surface area (Å²) in [4.78, 5) is 37.1. The molecule has 14 heteroatoms. The van der Waals surface area contributed by atoms with E-state index in [9.17, 15) is 31.1 Å². The van der Waals surface area contributed by atoms with Gasteiger partial charge in [0, 0.05) is 49.4 Å². The number of aromatic nitrogens is 1. The molecule has 0 unspecified atom stereocenters. The molecule has 224 valence electrons. The van der Waals surface area contributed by atoms with Gasteiger partial charge in [-0.1, -0.05) is 54.6 Å². The van der Waals surface area contributed by atoms with Crippen molar-refractivity contribution in [3.05, 3.63) is 101 Å². The second kappa shape index (κ2) is 13.5. The lowest BCUT2D eigenvalue weighted by molar-refractivity contribution is -0.193. The van der Waals surface area contributed by atoms with E-state index in [0.29, 0.717) is 17.4 Å². The van der Waals surface area contributed by atoms with Gasteiger partial charge < -0.3 is 15.5 Å². The van der Waals surface area contributed by atoms with E-state index in [1.165, 1.54) is 16.7 Å². The van der Waals surface area contributed by atoms with Crippen LogP contribution < -0.4 is 5.32 Å². The molecule has 1 fully saturated rings. The Morgan fingerprint density at radius 3 is 1.81 bits per heavy atom. The van der Waals surface area contributed by atoms with E-state index in [0.717, 1.165) is 19.6 Å². The predicted molar refractivity (Wildman–Crippen MR) is 136 cm³/mol. The van der Waals surface area contributed by atoms with Crippen LogP contribution in [0.25, 0.3) is 0 Å². The van der Waals surface area contributed by atoms with E-state index in [1.54, 1.807) is 24.5 Å². The highest BCUT2D eigenvalue weighted by atomic mass is 19.4. The summed E-state index contributed by atoms with van der Waals surface area (Å²) in [7, 11) is 0. The van der Waals surface area contributed by atoms with Crippen LogP contribution in [0, 0.1) is 5.92 Å². The SMILES string of the molecule is O=C(N[C@@H]1c2ccccc2[C@@H]2CN(Cc3ccccc3)C[C@H]12)c1ccncc1.O=C(O)C(F)(F)F.O=C(O)C(F)(F)F. The summed E-state index contributed by atoms with van der Waals surface area (Å²) < 4.78 is 63.5. The molecule has 1 aliphatic carbocycles. The molecule has 42 heavy (non-hydrogen) atoms. The van der Waals surface area contributed by atoms with Crippen LogP contribution in [0.4, 0.5) is 26.3 Å². The highest BCUT2D eigenvalue weighted by Gasteiger charge is 2.46. The number of carboxylic acids is 2. The molecule has 1 saturated heterocycles. The van der Waals surface area contributed by atoms with Gasteiger partial charge in [-0.15, -0.1) is 0 Å². The molecule has 2 aliphatic rings. The monoisotopic (exact) mass is 597 g/mol. The van der Waals surface area contributed by atoms with E-state index < -0.39 is 24.3 Å². The second-order valence-electron chi connectivity index (χ2n) is 9.37. The molecular formula is C28H25F6N3O5. The number of hydrogen-bond donors (Lipinski definition) is 3. The van der Waals surface area contributed by atoms with Crippen LogP contribution in [0.3, 0.4) is 0 Å². The fourth-order valence-electron chi connectivity index (χ4n) is 4.83. The van der Waals surface area contributed by atoms with Gasteiger partial charge in [0.25, 0.3) is 5.91 Å². The minimum atomic E-state index is -5.08. The molecule has 0 saturated carbocycles. The summed E-state index contributed by atoms with van der Waals surface area (Å²) in [6.45, 7) is 2.99. The van der Waals surface area contributed by atoms with Gasteiger partial charge in [0.2, 0.25) is 0 Å². The molecule has 8 nitrogen and oxygen atoms in total. The van der Waals surface area contributed by atoms with Crippen LogP contribution >= 0.6 is 0 Å². The minimum Gasteiger partial charge on any atom is -0.475 e. The Morgan fingerprint density at radius 1 is 0.786 bits per heavy atom. The molecule has 1 aromatic heterocycles. The number of carboxylic acid groups (broad SMARTS) is 2. The number of benzene rings is 2. The number of rotatable bonds is 4. The maximum atomic E-state index is 12.8. The largest absolute Gasteiger partial charge is 0.490 e. The summed E-state index contributed by atoms with van der Waals surface area (Å²) in [5.74, 6) is -4.65. The number of alkyl halides is 6. The number of nitrogens with one attached hydrogen (secondary N) is 1. The summed E-state index contributed by atoms with van der Waals surface area (Å²) in [6, 6.07) is 22.8. The smallest absolute Gasteiger partial charge is 0.475 e. The van der Waals surface area contributed by atoms with Gasteiger partial charge in [-0.2, -0.15) is 26.3 Å². The van der Waals surface area contributed by atoms with Gasteiger partial charge in [-0.25, -0.2) is 9.59 Å². The number of amides is 1. The topological polar surface area (TPSA) is 120 Å². The molecule has 5 rings (SSSR count). The average Bonchev–Trinajstić information content (AvgIpc) is 3.47. The van der Waals surface area contributed by atoms with Gasteiger partial charge >= 0.3 is 24.3 Å². The van der Waals surface area contributed by atoms with Crippen LogP contribution in [-0.4, -0.2) is 63.4 Å². The van der Waals surface area contributed by atoms with Crippen molar-refractivity contribution in [1.29, 1.82) is 0 Å². The molecule has 1 amide bonds. The van der Waals surface area contributed by atoms with Gasteiger partial charge in [-0.3, -0.25) is 14.7 Å². The molecule has 0 radical (unpaired) electrons. The molecule has 0 spiro atoms. The van der Waals surface area contributed by atoms with Crippen molar-refractivity contribution in [1.82, 2.24) is 15.2 Å². The molecule has 1 aliphatic heterocycles. The molecule has 2 heterocycles. The lowest BCUT2D eigenvalue weighted by Gasteiger charge is -2.23. The fraction of sp³-hybridized carbons (Fsp3) is 0.286. The third-order valence-electron chi connectivity index (χ3n) is 6.56. The quantitative estimate of drug-likeness (QED) is 0.360. The Morgan fingerprint density at radius 2 is 1.29 bits per heavy atom. The zero-order chi connectivity index (χ0) is 31.1. The highest BCUT2D eigenvalue weighted by Crippen LogP contribution is 2.49. The number of fused-ring (bicyclic) bond motifs is 3. The van der Waals surface area contributed by atoms with Gasteiger partial charge in [0.1, 0.15) is 0 Å². The zero-order valence-corrected chi connectivity index (χ0v) is 21.6. The van der Waals surface area contributed by atoms with E-state index in [4.69, 9.17) is 19.8 Å². The first kappa shape index (κ1) is 32.1. The first-order valence-corrected chi connectivity index (χ1v) is 12.3. The summed E-state index contributed by atoms with van der Waals surface area (Å²) in [5.41, 5.74) is 4.67. The Hall–Kier alpha value is -4.46. The number of nitrogens with zero attached hydrogens (tertiary/aromatic N) is 2. The predicted octanol–water partition coefficient (Wildman–Crippen LogP) is 5.05. The van der Waals surface area contributed by atoms with Crippen LogP contribution in [0.2, 0.25) is 0 Å². The van der Waals surface area contributed by atoms with Crippen LogP contribution in [0.15, 0.2) is 79.1 Å². The first-order chi connectivity index (χ1) is 19.7. The fourth-order valence-corrected chi connectivity index (χ4v) is 4.83. The number of hydrogen-bond acceptors (Lipinski definition) is 5. The number of halogens is 6. The molecule has 3 aromatic rings. The maximum absolute atomic E-state index is 12.8. The number of carbonyl (C=O) groups is 3. The van der Waals surface area contributed by atoms with Gasteiger partial charge in [0.15, 0.2) is 0 Å². The van der Waals surface area contributed by atoms with Crippen molar-refractivity contribution in [3.8, 4) is 0 Å². The van der Waals surface area contributed by atoms with Crippen LogP contribution in [0.5, 0.6) is 0 Å². The highest BCUT2D eigenvalue weighted by molar-refractivity contribution is 5.94. The number of aliphatic carboxylic acids is 2. The average molecular weight is 598 g/mol. The van der Waals surface area contributed by atoms with Crippen LogP contribution in [0.1, 0.15) is 39.0 Å². The molecular weight excluding hydrogens is 572 g/mol. The lowest BCUT2D eigenvalue weighted by Crippen LogP contribution is -2.33.